The van der Waals surface area contributed by atoms with E-state index in [1.54, 1.807) is 12.1 Å². The zero-order valence-electron chi connectivity index (χ0n) is 9.20. The summed E-state index contributed by atoms with van der Waals surface area (Å²) in [5.74, 6) is 4.39. The number of hydrogen-bond acceptors (Lipinski definition) is 3. The van der Waals surface area contributed by atoms with Crippen molar-refractivity contribution >= 4 is 15.9 Å². The van der Waals surface area contributed by atoms with Crippen molar-refractivity contribution in [3.05, 3.63) is 63.9 Å². The number of hydrazine groups is 1. The summed E-state index contributed by atoms with van der Waals surface area (Å²) in [5.41, 5.74) is 2.93. The highest BCUT2D eigenvalue weighted by atomic mass is 79.9. The molecule has 0 aliphatic heterocycles. The Kier molecular flexibility index (Phi) is 4.00. The molecule has 0 aliphatic carbocycles. The summed E-state index contributed by atoms with van der Waals surface area (Å²) in [6.07, 6.45) is 2.50. The lowest BCUT2D eigenvalue weighted by Crippen LogP contribution is -2.30. The Morgan fingerprint density at radius 2 is 1.89 bits per heavy atom. The lowest BCUT2D eigenvalue weighted by Gasteiger charge is -2.18. The number of aromatic nitrogens is 1. The Labute approximate surface area is 111 Å². The van der Waals surface area contributed by atoms with Crippen LogP contribution in [-0.2, 0) is 0 Å². The topological polar surface area (TPSA) is 50.9 Å². The predicted octanol–water partition coefficient (Wildman–Crippen LogP) is 2.68. The minimum absolute atomic E-state index is 0.244. The number of rotatable bonds is 3. The summed E-state index contributed by atoms with van der Waals surface area (Å²) in [4.78, 5) is 3.65. The van der Waals surface area contributed by atoms with Gasteiger partial charge in [-0.25, -0.2) is 14.2 Å². The third-order valence-corrected chi connectivity index (χ3v) is 3.05. The van der Waals surface area contributed by atoms with Gasteiger partial charge in [0.05, 0.1) is 12.2 Å². The van der Waals surface area contributed by atoms with Gasteiger partial charge in [-0.1, -0.05) is 22.0 Å². The van der Waals surface area contributed by atoms with Crippen LogP contribution in [0.3, 0.4) is 0 Å². The standard InChI is InChI=1S/C12H10BrF2N3/c13-7-1-2-8(10(14)5-7)12(18-16)9-3-4-17-6-11(9)15/h1-6,12,18H,16H2. The molecule has 1 heterocycles. The number of nitrogens with zero attached hydrogens (tertiary/aromatic N) is 1. The smallest absolute Gasteiger partial charge is 0.146 e. The van der Waals surface area contributed by atoms with E-state index in [1.165, 1.54) is 18.3 Å². The van der Waals surface area contributed by atoms with Gasteiger partial charge in [-0.3, -0.25) is 10.8 Å². The molecule has 0 amide bonds. The third-order valence-electron chi connectivity index (χ3n) is 2.55. The van der Waals surface area contributed by atoms with Crippen molar-refractivity contribution in [1.29, 1.82) is 0 Å². The second-order valence-electron chi connectivity index (χ2n) is 3.66. The molecule has 1 atom stereocenters. The van der Waals surface area contributed by atoms with Crippen LogP contribution in [0, 0.1) is 11.6 Å². The largest absolute Gasteiger partial charge is 0.271 e. The van der Waals surface area contributed by atoms with Crippen LogP contribution in [0.15, 0.2) is 41.1 Å². The molecule has 0 bridgehead atoms. The normalized spacial score (nSPS) is 12.4. The molecular weight excluding hydrogens is 304 g/mol. The van der Waals surface area contributed by atoms with Crippen LogP contribution in [0.5, 0.6) is 0 Å². The Bertz CT molecular complexity index is 563. The summed E-state index contributed by atoms with van der Waals surface area (Å²) in [5, 5.41) is 0. The maximum absolute atomic E-state index is 13.8. The van der Waals surface area contributed by atoms with Crippen LogP contribution >= 0.6 is 15.9 Å². The second-order valence-corrected chi connectivity index (χ2v) is 4.58. The summed E-state index contributed by atoms with van der Waals surface area (Å²) in [6.45, 7) is 0. The molecule has 2 rings (SSSR count). The van der Waals surface area contributed by atoms with Gasteiger partial charge < -0.3 is 0 Å². The number of halogens is 3. The highest BCUT2D eigenvalue weighted by Gasteiger charge is 2.19. The average molecular weight is 314 g/mol. The molecule has 6 heteroatoms. The number of hydrogen-bond donors (Lipinski definition) is 2. The molecule has 1 aromatic heterocycles. The van der Waals surface area contributed by atoms with Crippen molar-refractivity contribution in [2.24, 2.45) is 5.84 Å². The number of nitrogens with two attached hydrogens (primary N) is 1. The summed E-state index contributed by atoms with van der Waals surface area (Å²) < 4.78 is 28.1. The Balaban J connectivity index is 2.49. The van der Waals surface area contributed by atoms with Crippen LogP contribution in [-0.4, -0.2) is 4.98 Å². The maximum Gasteiger partial charge on any atom is 0.146 e. The molecule has 94 valence electrons. The van der Waals surface area contributed by atoms with E-state index >= 15 is 0 Å². The van der Waals surface area contributed by atoms with Crippen molar-refractivity contribution in [1.82, 2.24) is 10.4 Å². The van der Waals surface area contributed by atoms with Gasteiger partial charge >= 0.3 is 0 Å². The van der Waals surface area contributed by atoms with Crippen molar-refractivity contribution < 1.29 is 8.78 Å². The molecule has 1 aromatic carbocycles. The highest BCUT2D eigenvalue weighted by molar-refractivity contribution is 9.10. The minimum Gasteiger partial charge on any atom is -0.271 e. The Hall–Kier alpha value is -1.37. The fourth-order valence-electron chi connectivity index (χ4n) is 1.70. The maximum atomic E-state index is 13.8. The average Bonchev–Trinajstić information content (AvgIpc) is 2.34. The van der Waals surface area contributed by atoms with Crippen LogP contribution < -0.4 is 11.3 Å². The van der Waals surface area contributed by atoms with E-state index in [1.807, 2.05) is 0 Å². The van der Waals surface area contributed by atoms with E-state index in [0.29, 0.717) is 4.47 Å². The highest BCUT2D eigenvalue weighted by Crippen LogP contribution is 2.27. The molecule has 0 saturated carbocycles. The van der Waals surface area contributed by atoms with E-state index in [9.17, 15) is 8.78 Å². The molecule has 0 radical (unpaired) electrons. The fourth-order valence-corrected chi connectivity index (χ4v) is 2.04. The molecule has 3 N–H and O–H groups in total. The van der Waals surface area contributed by atoms with Crippen LogP contribution in [0.1, 0.15) is 17.2 Å². The van der Waals surface area contributed by atoms with Crippen LogP contribution in [0.25, 0.3) is 0 Å². The lowest BCUT2D eigenvalue weighted by atomic mass is 9.99. The predicted molar refractivity (Wildman–Crippen MR) is 67.5 cm³/mol. The molecule has 0 saturated heterocycles. The van der Waals surface area contributed by atoms with Gasteiger partial charge in [-0.05, 0) is 18.2 Å². The number of pyridine rings is 1. The number of nitrogens with one attached hydrogen (secondary N) is 1. The van der Waals surface area contributed by atoms with Crippen LogP contribution in [0.2, 0.25) is 0 Å². The molecule has 3 nitrogen and oxygen atoms in total. The molecule has 0 fully saturated rings. The van der Waals surface area contributed by atoms with Crippen LogP contribution in [0.4, 0.5) is 8.78 Å². The zero-order valence-corrected chi connectivity index (χ0v) is 10.8. The minimum atomic E-state index is -0.763. The summed E-state index contributed by atoms with van der Waals surface area (Å²) in [6, 6.07) is 5.22. The molecule has 1 unspecified atom stereocenters. The van der Waals surface area contributed by atoms with Gasteiger partial charge in [-0.2, -0.15) is 0 Å². The van der Waals surface area contributed by atoms with Gasteiger partial charge in [0.1, 0.15) is 11.6 Å². The SMILES string of the molecule is NNC(c1ccncc1F)c1ccc(Br)cc1F. The molecular formula is C12H10BrF2N3. The van der Waals surface area contributed by atoms with Gasteiger partial charge in [0.2, 0.25) is 0 Å². The van der Waals surface area contributed by atoms with E-state index in [-0.39, 0.29) is 11.1 Å². The van der Waals surface area contributed by atoms with Crippen molar-refractivity contribution in [3.8, 4) is 0 Å². The number of benzene rings is 1. The van der Waals surface area contributed by atoms with E-state index < -0.39 is 17.7 Å². The van der Waals surface area contributed by atoms with Gasteiger partial charge in [0.25, 0.3) is 0 Å². The summed E-state index contributed by atoms with van der Waals surface area (Å²) >= 11 is 3.16. The molecule has 2 aromatic rings. The van der Waals surface area contributed by atoms with Gasteiger partial charge in [0, 0.05) is 21.8 Å². The van der Waals surface area contributed by atoms with Crippen molar-refractivity contribution in [2.75, 3.05) is 0 Å². The molecule has 18 heavy (non-hydrogen) atoms. The molecule has 0 spiro atoms. The van der Waals surface area contributed by atoms with Gasteiger partial charge in [-0.15, -0.1) is 0 Å². The zero-order chi connectivity index (χ0) is 13.1. The van der Waals surface area contributed by atoms with E-state index in [4.69, 9.17) is 5.84 Å². The Morgan fingerprint density at radius 1 is 1.17 bits per heavy atom. The Morgan fingerprint density at radius 3 is 2.50 bits per heavy atom. The first-order valence-electron chi connectivity index (χ1n) is 5.14. The monoisotopic (exact) mass is 313 g/mol. The third kappa shape index (κ3) is 2.55. The van der Waals surface area contributed by atoms with Gasteiger partial charge in [0.15, 0.2) is 0 Å². The van der Waals surface area contributed by atoms with E-state index in [2.05, 4.69) is 26.3 Å². The second kappa shape index (κ2) is 5.51. The first-order valence-corrected chi connectivity index (χ1v) is 5.93. The van der Waals surface area contributed by atoms with E-state index in [0.717, 1.165) is 6.20 Å². The van der Waals surface area contributed by atoms with Crippen molar-refractivity contribution in [2.45, 2.75) is 6.04 Å². The lowest BCUT2D eigenvalue weighted by molar-refractivity contribution is 0.528. The van der Waals surface area contributed by atoms with Crippen molar-refractivity contribution in [3.63, 3.8) is 0 Å². The first-order chi connectivity index (χ1) is 8.63. The molecule has 0 aliphatic rings. The fraction of sp³-hybridized carbons (Fsp3) is 0.0833. The summed E-state index contributed by atoms with van der Waals surface area (Å²) in [7, 11) is 0. The quantitative estimate of drug-likeness (QED) is 0.676. The first kappa shape index (κ1) is 13.1.